The van der Waals surface area contributed by atoms with Gasteiger partial charge in [-0.1, -0.05) is 73.5 Å². The lowest BCUT2D eigenvalue weighted by atomic mass is 9.91. The molecule has 1 fully saturated rings. The number of unbranched alkanes of at least 4 members (excludes halogenated alkanes) is 1. The molecule has 0 radical (unpaired) electrons. The van der Waals surface area contributed by atoms with Gasteiger partial charge in [0.15, 0.2) is 0 Å². The average Bonchev–Trinajstić information content (AvgIpc) is 2.79. The van der Waals surface area contributed by atoms with Crippen LogP contribution in [0.25, 0.3) is 11.3 Å². The Morgan fingerprint density at radius 3 is 2.17 bits per heavy atom. The summed E-state index contributed by atoms with van der Waals surface area (Å²) in [5.74, 6) is 0.897. The minimum absolute atomic E-state index is 0.897. The van der Waals surface area contributed by atoms with E-state index in [1.54, 1.807) is 0 Å². The third-order valence-corrected chi connectivity index (χ3v) is 6.04. The number of rotatable bonds is 8. The van der Waals surface area contributed by atoms with E-state index >= 15 is 0 Å². The van der Waals surface area contributed by atoms with Gasteiger partial charge < -0.3 is 0 Å². The molecule has 0 N–H and O–H groups in total. The zero-order valence-corrected chi connectivity index (χ0v) is 17.2. The molecule has 29 heavy (non-hydrogen) atoms. The van der Waals surface area contributed by atoms with Gasteiger partial charge in [0.25, 0.3) is 0 Å². The molecule has 1 saturated heterocycles. The lowest BCUT2D eigenvalue weighted by Crippen LogP contribution is -2.33. The maximum absolute atomic E-state index is 4.43. The van der Waals surface area contributed by atoms with Crippen LogP contribution in [0.4, 0.5) is 0 Å². The molecule has 3 heteroatoms. The van der Waals surface area contributed by atoms with Crippen LogP contribution in [-0.2, 0) is 13.0 Å². The van der Waals surface area contributed by atoms with E-state index in [0.717, 1.165) is 35.8 Å². The summed E-state index contributed by atoms with van der Waals surface area (Å²) < 4.78 is 0. The van der Waals surface area contributed by atoms with E-state index in [2.05, 4.69) is 69.7 Å². The van der Waals surface area contributed by atoms with Crippen molar-refractivity contribution < 1.29 is 0 Å². The Kier molecular flexibility index (Phi) is 7.03. The van der Waals surface area contributed by atoms with Crippen molar-refractivity contribution in [2.75, 3.05) is 13.1 Å². The Balaban J connectivity index is 1.13. The Hall–Kier alpha value is -2.52. The normalized spacial score (nSPS) is 15.4. The highest BCUT2D eigenvalue weighted by Gasteiger charge is 2.18. The summed E-state index contributed by atoms with van der Waals surface area (Å²) in [4.78, 5) is 2.61. The molecule has 4 rings (SSSR count). The molecule has 1 aliphatic rings. The van der Waals surface area contributed by atoms with Crippen molar-refractivity contribution in [3.63, 3.8) is 0 Å². The Morgan fingerprint density at radius 2 is 1.48 bits per heavy atom. The van der Waals surface area contributed by atoms with E-state index in [0.29, 0.717) is 0 Å². The van der Waals surface area contributed by atoms with Crippen molar-refractivity contribution in [1.29, 1.82) is 0 Å². The van der Waals surface area contributed by atoms with E-state index < -0.39 is 0 Å². The zero-order chi connectivity index (χ0) is 19.7. The molecule has 2 heterocycles. The number of hydrogen-bond acceptors (Lipinski definition) is 3. The van der Waals surface area contributed by atoms with Gasteiger partial charge >= 0.3 is 0 Å². The van der Waals surface area contributed by atoms with Crippen molar-refractivity contribution in [2.45, 2.75) is 45.1 Å². The van der Waals surface area contributed by atoms with Gasteiger partial charge in [0, 0.05) is 12.1 Å². The van der Waals surface area contributed by atoms with Crippen LogP contribution in [0.1, 0.15) is 43.4 Å². The molecule has 1 aromatic heterocycles. The average molecular weight is 386 g/mol. The summed E-state index contributed by atoms with van der Waals surface area (Å²) in [7, 11) is 0. The van der Waals surface area contributed by atoms with Gasteiger partial charge in [-0.2, -0.15) is 10.2 Å². The number of hydrogen-bond donors (Lipinski definition) is 0. The van der Waals surface area contributed by atoms with Gasteiger partial charge in [-0.15, -0.1) is 0 Å². The number of benzene rings is 2. The maximum Gasteiger partial charge on any atom is 0.0929 e. The summed E-state index contributed by atoms with van der Waals surface area (Å²) in [6, 6.07) is 25.3. The third-order valence-electron chi connectivity index (χ3n) is 6.04. The van der Waals surface area contributed by atoms with E-state index in [1.807, 2.05) is 18.2 Å². The largest absolute Gasteiger partial charge is 0.299 e. The molecule has 2 aromatic carbocycles. The van der Waals surface area contributed by atoms with Crippen LogP contribution in [0.3, 0.4) is 0 Å². The molecular formula is C26H31N3. The molecule has 1 aliphatic heterocycles. The predicted molar refractivity (Wildman–Crippen MR) is 119 cm³/mol. The van der Waals surface area contributed by atoms with Crippen LogP contribution in [0.5, 0.6) is 0 Å². The smallest absolute Gasteiger partial charge is 0.0929 e. The van der Waals surface area contributed by atoms with Crippen molar-refractivity contribution in [2.24, 2.45) is 5.92 Å². The number of aromatic nitrogens is 2. The fourth-order valence-corrected chi connectivity index (χ4v) is 4.27. The standard InChI is InChI=1S/C26H31N3/c1-3-10-23(11-4-1)21-29-19-17-22(18-20-29)9-7-8-14-25-15-16-26(28-27-25)24-12-5-2-6-13-24/h1-6,10-13,15-16,22H,7-9,14,17-21H2. The lowest BCUT2D eigenvalue weighted by Gasteiger charge is -2.32. The second-order valence-corrected chi connectivity index (χ2v) is 8.23. The van der Waals surface area contributed by atoms with E-state index in [1.165, 1.54) is 50.8 Å². The van der Waals surface area contributed by atoms with Crippen molar-refractivity contribution >= 4 is 0 Å². The molecule has 0 spiro atoms. The van der Waals surface area contributed by atoms with E-state index in [-0.39, 0.29) is 0 Å². The summed E-state index contributed by atoms with van der Waals surface area (Å²) >= 11 is 0. The van der Waals surface area contributed by atoms with Crippen molar-refractivity contribution in [3.05, 3.63) is 84.1 Å². The van der Waals surface area contributed by atoms with Gasteiger partial charge in [0.1, 0.15) is 0 Å². The number of nitrogens with zero attached hydrogens (tertiary/aromatic N) is 3. The third kappa shape index (κ3) is 5.98. The minimum atomic E-state index is 0.897. The molecule has 0 bridgehead atoms. The molecule has 0 amide bonds. The number of piperidine rings is 1. The van der Waals surface area contributed by atoms with Crippen LogP contribution in [-0.4, -0.2) is 28.2 Å². The summed E-state index contributed by atoms with van der Waals surface area (Å²) in [6.45, 7) is 3.59. The van der Waals surface area contributed by atoms with E-state index in [9.17, 15) is 0 Å². The van der Waals surface area contributed by atoms with Crippen LogP contribution >= 0.6 is 0 Å². The first-order chi connectivity index (χ1) is 14.4. The first-order valence-electron chi connectivity index (χ1n) is 11.0. The summed E-state index contributed by atoms with van der Waals surface area (Å²) in [5.41, 5.74) is 4.63. The monoisotopic (exact) mass is 385 g/mol. The molecule has 150 valence electrons. The predicted octanol–water partition coefficient (Wildman–Crippen LogP) is 5.77. The highest BCUT2D eigenvalue weighted by molar-refractivity contribution is 5.57. The molecule has 0 atom stereocenters. The molecule has 0 aliphatic carbocycles. The van der Waals surface area contributed by atoms with Gasteiger partial charge in [-0.3, -0.25) is 4.90 Å². The first-order valence-corrected chi connectivity index (χ1v) is 11.0. The van der Waals surface area contributed by atoms with Gasteiger partial charge in [0.2, 0.25) is 0 Å². The van der Waals surface area contributed by atoms with Crippen LogP contribution in [0.15, 0.2) is 72.8 Å². The van der Waals surface area contributed by atoms with Crippen molar-refractivity contribution in [1.82, 2.24) is 15.1 Å². The Labute approximate surface area is 174 Å². The van der Waals surface area contributed by atoms with Crippen LogP contribution in [0.2, 0.25) is 0 Å². The minimum Gasteiger partial charge on any atom is -0.299 e. The van der Waals surface area contributed by atoms with Gasteiger partial charge in [-0.05, 0) is 62.4 Å². The topological polar surface area (TPSA) is 29.0 Å². The molecule has 0 saturated carbocycles. The summed E-state index contributed by atoms with van der Waals surface area (Å²) in [6.07, 6.45) is 7.59. The van der Waals surface area contributed by atoms with Gasteiger partial charge in [-0.25, -0.2) is 0 Å². The Morgan fingerprint density at radius 1 is 0.759 bits per heavy atom. The SMILES string of the molecule is c1ccc(CN2CCC(CCCCc3ccc(-c4ccccc4)nn3)CC2)cc1. The molecule has 3 nitrogen and oxygen atoms in total. The maximum atomic E-state index is 4.43. The molecular weight excluding hydrogens is 354 g/mol. The summed E-state index contributed by atoms with van der Waals surface area (Å²) in [5, 5.41) is 8.84. The first kappa shape index (κ1) is 19.8. The van der Waals surface area contributed by atoms with Crippen molar-refractivity contribution in [3.8, 4) is 11.3 Å². The second-order valence-electron chi connectivity index (χ2n) is 8.23. The number of aryl methyl sites for hydroxylation is 1. The highest BCUT2D eigenvalue weighted by atomic mass is 15.1. The lowest BCUT2D eigenvalue weighted by molar-refractivity contribution is 0.170. The fraction of sp³-hybridized carbons (Fsp3) is 0.385. The van der Waals surface area contributed by atoms with Gasteiger partial charge in [0.05, 0.1) is 11.4 Å². The van der Waals surface area contributed by atoms with Crippen LogP contribution in [0, 0.1) is 5.92 Å². The second kappa shape index (κ2) is 10.3. The van der Waals surface area contributed by atoms with Crippen LogP contribution < -0.4 is 0 Å². The zero-order valence-electron chi connectivity index (χ0n) is 17.2. The molecule has 0 unspecified atom stereocenters. The number of likely N-dealkylation sites (tertiary alicyclic amines) is 1. The molecule has 3 aromatic rings. The quantitative estimate of drug-likeness (QED) is 0.461. The Bertz CT molecular complexity index is 838. The highest BCUT2D eigenvalue weighted by Crippen LogP contribution is 2.24. The van der Waals surface area contributed by atoms with E-state index in [4.69, 9.17) is 0 Å². The fourth-order valence-electron chi connectivity index (χ4n) is 4.27.